The average molecular weight is 349 g/mol. The fourth-order valence-corrected chi connectivity index (χ4v) is 3.88. The van der Waals surface area contributed by atoms with Gasteiger partial charge in [-0.1, -0.05) is 30.3 Å². The maximum absolute atomic E-state index is 12.9. The van der Waals surface area contributed by atoms with E-state index in [1.54, 1.807) is 4.90 Å². The molecule has 1 aliphatic carbocycles. The molecule has 1 aliphatic heterocycles. The van der Waals surface area contributed by atoms with E-state index in [1.807, 2.05) is 36.4 Å². The highest BCUT2D eigenvalue weighted by molar-refractivity contribution is 5.98. The normalized spacial score (nSPS) is 19.5. The van der Waals surface area contributed by atoms with Gasteiger partial charge in [0.2, 0.25) is 5.91 Å². The molecule has 2 aromatic rings. The maximum atomic E-state index is 12.9. The van der Waals surface area contributed by atoms with Gasteiger partial charge in [0, 0.05) is 24.5 Å². The van der Waals surface area contributed by atoms with E-state index in [0.29, 0.717) is 13.1 Å². The van der Waals surface area contributed by atoms with Gasteiger partial charge in [-0.05, 0) is 55.0 Å². The van der Waals surface area contributed by atoms with E-state index in [2.05, 4.69) is 22.8 Å². The Morgan fingerprint density at radius 3 is 2.88 bits per heavy atom. The molecule has 1 saturated heterocycles. The molecule has 2 aliphatic rings. The molecule has 2 N–H and O–H groups in total. The number of urea groups is 1. The van der Waals surface area contributed by atoms with Crippen molar-refractivity contribution >= 4 is 23.3 Å². The maximum Gasteiger partial charge on any atom is 0.321 e. The summed E-state index contributed by atoms with van der Waals surface area (Å²) in [6.45, 7) is 1.41. The molecule has 5 heteroatoms. The van der Waals surface area contributed by atoms with Gasteiger partial charge in [0.25, 0.3) is 0 Å². The summed E-state index contributed by atoms with van der Waals surface area (Å²) in [6.07, 6.45) is 3.86. The van der Waals surface area contributed by atoms with Crippen molar-refractivity contribution in [2.45, 2.75) is 31.6 Å². The molecule has 0 aromatic heterocycles. The lowest BCUT2D eigenvalue weighted by Crippen LogP contribution is -2.46. The topological polar surface area (TPSA) is 61.4 Å². The molecule has 1 fully saturated rings. The number of carbonyl (C=O) groups excluding carboxylic acids is 2. The Kier molecular flexibility index (Phi) is 4.61. The molecule has 0 bridgehead atoms. The first-order valence-corrected chi connectivity index (χ1v) is 9.26. The number of anilines is 2. The molecule has 26 heavy (non-hydrogen) atoms. The van der Waals surface area contributed by atoms with Gasteiger partial charge >= 0.3 is 6.03 Å². The highest BCUT2D eigenvalue weighted by Crippen LogP contribution is 2.32. The summed E-state index contributed by atoms with van der Waals surface area (Å²) in [5, 5.41) is 5.90. The highest BCUT2D eigenvalue weighted by atomic mass is 16.2. The SMILES string of the molecule is O=C(Nc1cccc(N2CCCNC2=O)c1)[C@@H]1CCCc2ccccc21. The van der Waals surface area contributed by atoms with Crippen molar-refractivity contribution in [1.82, 2.24) is 5.32 Å². The minimum atomic E-state index is -0.109. The van der Waals surface area contributed by atoms with E-state index in [0.717, 1.165) is 42.6 Å². The Morgan fingerprint density at radius 1 is 1.12 bits per heavy atom. The molecule has 2 aromatic carbocycles. The van der Waals surface area contributed by atoms with Crippen LogP contribution in [0, 0.1) is 0 Å². The predicted octanol–water partition coefficient (Wildman–Crippen LogP) is 3.66. The number of hydrogen-bond donors (Lipinski definition) is 2. The van der Waals surface area contributed by atoms with Crippen LogP contribution in [0.1, 0.15) is 36.3 Å². The fourth-order valence-electron chi connectivity index (χ4n) is 3.88. The van der Waals surface area contributed by atoms with Crippen LogP contribution in [0.2, 0.25) is 0 Å². The second kappa shape index (κ2) is 7.20. The zero-order valence-corrected chi connectivity index (χ0v) is 14.7. The number of benzene rings is 2. The van der Waals surface area contributed by atoms with E-state index in [-0.39, 0.29) is 17.9 Å². The first kappa shape index (κ1) is 16.6. The molecular formula is C21H23N3O2. The van der Waals surface area contributed by atoms with E-state index < -0.39 is 0 Å². The van der Waals surface area contributed by atoms with Crippen molar-refractivity contribution in [1.29, 1.82) is 0 Å². The Bertz CT molecular complexity index is 834. The minimum absolute atomic E-state index is 0.0254. The summed E-state index contributed by atoms with van der Waals surface area (Å²) in [7, 11) is 0. The molecule has 0 radical (unpaired) electrons. The van der Waals surface area contributed by atoms with Crippen molar-refractivity contribution in [3.05, 3.63) is 59.7 Å². The number of nitrogens with one attached hydrogen (secondary N) is 2. The second-order valence-corrected chi connectivity index (χ2v) is 6.92. The highest BCUT2D eigenvalue weighted by Gasteiger charge is 2.26. The Hall–Kier alpha value is -2.82. The van der Waals surface area contributed by atoms with Crippen LogP contribution in [0.4, 0.5) is 16.2 Å². The lowest BCUT2D eigenvalue weighted by Gasteiger charge is -2.28. The van der Waals surface area contributed by atoms with Gasteiger partial charge in [0.05, 0.1) is 5.92 Å². The van der Waals surface area contributed by atoms with Crippen LogP contribution in [0.15, 0.2) is 48.5 Å². The fraction of sp³-hybridized carbons (Fsp3) is 0.333. The molecule has 134 valence electrons. The third-order valence-corrected chi connectivity index (χ3v) is 5.19. The standard InChI is InChI=1S/C21H23N3O2/c25-20(19-11-3-7-15-6-1-2-10-18(15)19)23-16-8-4-9-17(14-16)24-13-5-12-22-21(24)26/h1-2,4,6,8-10,14,19H,3,5,7,11-13H2,(H,22,26)(H,23,25)/t19-/m1/s1. The van der Waals surface area contributed by atoms with E-state index in [9.17, 15) is 9.59 Å². The summed E-state index contributed by atoms with van der Waals surface area (Å²) in [5.74, 6) is -0.0840. The third-order valence-electron chi connectivity index (χ3n) is 5.19. The summed E-state index contributed by atoms with van der Waals surface area (Å²) in [5.41, 5.74) is 3.96. The molecule has 0 saturated carbocycles. The van der Waals surface area contributed by atoms with Crippen molar-refractivity contribution in [3.8, 4) is 0 Å². The monoisotopic (exact) mass is 349 g/mol. The van der Waals surface area contributed by atoms with Crippen molar-refractivity contribution in [2.75, 3.05) is 23.3 Å². The Labute approximate surface area is 153 Å². The number of hydrogen-bond acceptors (Lipinski definition) is 2. The largest absolute Gasteiger partial charge is 0.338 e. The van der Waals surface area contributed by atoms with Gasteiger partial charge in [-0.15, -0.1) is 0 Å². The van der Waals surface area contributed by atoms with Crippen molar-refractivity contribution in [2.24, 2.45) is 0 Å². The predicted molar refractivity (Wildman–Crippen MR) is 103 cm³/mol. The molecule has 0 unspecified atom stereocenters. The van der Waals surface area contributed by atoms with Crippen LogP contribution in [0.25, 0.3) is 0 Å². The molecule has 0 spiro atoms. The summed E-state index contributed by atoms with van der Waals surface area (Å²) >= 11 is 0. The van der Waals surface area contributed by atoms with E-state index >= 15 is 0 Å². The smallest absolute Gasteiger partial charge is 0.321 e. The molecule has 5 nitrogen and oxygen atoms in total. The second-order valence-electron chi connectivity index (χ2n) is 6.92. The van der Waals surface area contributed by atoms with Crippen LogP contribution in [-0.2, 0) is 11.2 Å². The zero-order chi connectivity index (χ0) is 17.9. The minimum Gasteiger partial charge on any atom is -0.338 e. The van der Waals surface area contributed by atoms with Gasteiger partial charge in [0.15, 0.2) is 0 Å². The quantitative estimate of drug-likeness (QED) is 0.888. The number of nitrogens with zero attached hydrogens (tertiary/aromatic N) is 1. The first-order valence-electron chi connectivity index (χ1n) is 9.26. The zero-order valence-electron chi connectivity index (χ0n) is 14.7. The van der Waals surface area contributed by atoms with Crippen LogP contribution in [0.3, 0.4) is 0 Å². The summed E-state index contributed by atoms with van der Waals surface area (Å²) in [6, 6.07) is 15.7. The first-order chi connectivity index (χ1) is 12.7. The Balaban J connectivity index is 1.52. The van der Waals surface area contributed by atoms with Crippen molar-refractivity contribution < 1.29 is 9.59 Å². The summed E-state index contributed by atoms with van der Waals surface area (Å²) in [4.78, 5) is 26.6. The van der Waals surface area contributed by atoms with Gasteiger partial charge in [0.1, 0.15) is 0 Å². The van der Waals surface area contributed by atoms with E-state index in [4.69, 9.17) is 0 Å². The number of aryl methyl sites for hydroxylation is 1. The number of carbonyl (C=O) groups is 2. The van der Waals surface area contributed by atoms with Crippen LogP contribution < -0.4 is 15.5 Å². The van der Waals surface area contributed by atoms with Crippen molar-refractivity contribution in [3.63, 3.8) is 0 Å². The molecule has 3 amide bonds. The average Bonchev–Trinajstić information content (AvgIpc) is 2.68. The molecule has 1 atom stereocenters. The van der Waals surface area contributed by atoms with Gasteiger partial charge in [-0.2, -0.15) is 0 Å². The molecule has 1 heterocycles. The lowest BCUT2D eigenvalue weighted by molar-refractivity contribution is -0.117. The Morgan fingerprint density at radius 2 is 2.00 bits per heavy atom. The summed E-state index contributed by atoms with van der Waals surface area (Å²) < 4.78 is 0. The van der Waals surface area contributed by atoms with Crippen LogP contribution in [0.5, 0.6) is 0 Å². The van der Waals surface area contributed by atoms with Gasteiger partial charge in [-0.3, -0.25) is 9.69 Å². The van der Waals surface area contributed by atoms with Crippen LogP contribution >= 0.6 is 0 Å². The van der Waals surface area contributed by atoms with E-state index in [1.165, 1.54) is 5.56 Å². The van der Waals surface area contributed by atoms with Gasteiger partial charge < -0.3 is 10.6 Å². The number of fused-ring (bicyclic) bond motifs is 1. The van der Waals surface area contributed by atoms with Gasteiger partial charge in [-0.25, -0.2) is 4.79 Å². The number of rotatable bonds is 3. The molecular weight excluding hydrogens is 326 g/mol. The molecule has 4 rings (SSSR count). The lowest BCUT2D eigenvalue weighted by atomic mass is 9.82. The van der Waals surface area contributed by atoms with Crippen LogP contribution in [-0.4, -0.2) is 25.0 Å². The third kappa shape index (κ3) is 3.29. The number of amides is 3.